The van der Waals surface area contributed by atoms with Crippen molar-refractivity contribution < 1.29 is 27.4 Å². The van der Waals surface area contributed by atoms with Crippen molar-refractivity contribution in [2.45, 2.75) is 24.3 Å². The van der Waals surface area contributed by atoms with Crippen LogP contribution in [-0.4, -0.2) is 65.0 Å². The molecule has 1 saturated heterocycles. The molecule has 2 aromatic carbocycles. The van der Waals surface area contributed by atoms with Crippen molar-refractivity contribution in [3.63, 3.8) is 0 Å². The van der Waals surface area contributed by atoms with E-state index >= 15 is 0 Å². The second-order valence-corrected chi connectivity index (χ2v) is 10.7. The van der Waals surface area contributed by atoms with Gasteiger partial charge in [0.05, 0.1) is 32.1 Å². The molecule has 1 heterocycles. The van der Waals surface area contributed by atoms with Gasteiger partial charge in [0.1, 0.15) is 0 Å². The third kappa shape index (κ3) is 5.62. The molecule has 1 aliphatic heterocycles. The highest BCUT2D eigenvalue weighted by molar-refractivity contribution is 9.10. The number of sulfonamides is 1. The summed E-state index contributed by atoms with van der Waals surface area (Å²) < 4.78 is 44.5. The van der Waals surface area contributed by atoms with Gasteiger partial charge in [-0.2, -0.15) is 4.31 Å². The summed E-state index contributed by atoms with van der Waals surface area (Å²) in [5, 5.41) is 0. The van der Waals surface area contributed by atoms with Crippen LogP contribution in [0.15, 0.2) is 45.8 Å². The average Bonchev–Trinajstić information content (AvgIpc) is 2.83. The number of carbonyl (C=O) groups excluding carboxylic acids is 1. The SMILES string of the molecule is COc1cc(CN(C)C(=O)[C@H]2CCCN(S(=O)(=O)c3ccc(Br)cc3)C2)cc(OC)c1OC. The molecule has 0 radical (unpaired) electrons. The molecule has 2 aromatic rings. The zero-order chi connectivity index (χ0) is 24.2. The monoisotopic (exact) mass is 540 g/mol. The predicted octanol–water partition coefficient (Wildman–Crippen LogP) is 3.53. The van der Waals surface area contributed by atoms with E-state index in [9.17, 15) is 13.2 Å². The van der Waals surface area contributed by atoms with Crippen LogP contribution in [0.25, 0.3) is 0 Å². The smallest absolute Gasteiger partial charge is 0.243 e. The molecule has 8 nitrogen and oxygen atoms in total. The summed E-state index contributed by atoms with van der Waals surface area (Å²) in [6.45, 7) is 0.890. The van der Waals surface area contributed by atoms with Gasteiger partial charge in [-0.1, -0.05) is 15.9 Å². The molecule has 33 heavy (non-hydrogen) atoms. The fourth-order valence-corrected chi connectivity index (χ4v) is 5.80. The van der Waals surface area contributed by atoms with Gasteiger partial charge in [0.25, 0.3) is 0 Å². The van der Waals surface area contributed by atoms with Gasteiger partial charge in [0, 0.05) is 31.2 Å². The number of benzene rings is 2. The Kier molecular flexibility index (Phi) is 8.25. The molecular weight excluding hydrogens is 512 g/mol. The molecule has 1 aliphatic rings. The maximum absolute atomic E-state index is 13.2. The molecule has 1 atom stereocenters. The number of halogens is 1. The number of hydrogen-bond donors (Lipinski definition) is 0. The van der Waals surface area contributed by atoms with Crippen LogP contribution >= 0.6 is 15.9 Å². The summed E-state index contributed by atoms with van der Waals surface area (Å²) in [6.07, 6.45) is 1.27. The number of methoxy groups -OCH3 is 3. The van der Waals surface area contributed by atoms with Gasteiger partial charge >= 0.3 is 0 Å². The number of carbonyl (C=O) groups is 1. The Morgan fingerprint density at radius 3 is 2.24 bits per heavy atom. The third-order valence-corrected chi connectivity index (χ3v) is 8.11. The minimum atomic E-state index is -3.66. The summed E-state index contributed by atoms with van der Waals surface area (Å²) in [5.41, 5.74) is 0.815. The Bertz CT molecular complexity index is 1070. The Hall–Kier alpha value is -2.30. The van der Waals surface area contributed by atoms with E-state index in [0.717, 1.165) is 10.0 Å². The molecule has 0 bridgehead atoms. The zero-order valence-corrected chi connectivity index (χ0v) is 21.6. The Morgan fingerprint density at radius 1 is 1.09 bits per heavy atom. The highest BCUT2D eigenvalue weighted by atomic mass is 79.9. The Balaban J connectivity index is 1.73. The Morgan fingerprint density at radius 2 is 1.70 bits per heavy atom. The van der Waals surface area contributed by atoms with Crippen LogP contribution in [0.1, 0.15) is 18.4 Å². The zero-order valence-electron chi connectivity index (χ0n) is 19.2. The van der Waals surface area contributed by atoms with E-state index in [0.29, 0.717) is 43.2 Å². The quantitative estimate of drug-likeness (QED) is 0.509. The number of hydrogen-bond acceptors (Lipinski definition) is 6. The fraction of sp³-hybridized carbons (Fsp3) is 0.435. The van der Waals surface area contributed by atoms with Crippen molar-refractivity contribution in [3.05, 3.63) is 46.4 Å². The molecule has 0 unspecified atom stereocenters. The van der Waals surface area contributed by atoms with E-state index in [1.54, 1.807) is 62.6 Å². The topological polar surface area (TPSA) is 85.4 Å². The van der Waals surface area contributed by atoms with Gasteiger partial charge in [-0.25, -0.2) is 8.42 Å². The molecule has 0 spiro atoms. The normalized spacial score (nSPS) is 16.8. The maximum Gasteiger partial charge on any atom is 0.243 e. The van der Waals surface area contributed by atoms with Crippen LogP contribution < -0.4 is 14.2 Å². The van der Waals surface area contributed by atoms with Gasteiger partial charge in [0.2, 0.25) is 21.7 Å². The lowest BCUT2D eigenvalue weighted by Crippen LogP contribution is -2.45. The first-order chi connectivity index (χ1) is 15.7. The molecule has 0 N–H and O–H groups in total. The number of ether oxygens (including phenoxy) is 3. The van der Waals surface area contributed by atoms with Crippen molar-refractivity contribution in [2.75, 3.05) is 41.5 Å². The van der Waals surface area contributed by atoms with E-state index in [4.69, 9.17) is 14.2 Å². The summed E-state index contributed by atoms with van der Waals surface area (Å²) in [4.78, 5) is 15.0. The highest BCUT2D eigenvalue weighted by Gasteiger charge is 2.34. The molecular formula is C23H29BrN2O6S. The minimum Gasteiger partial charge on any atom is -0.493 e. The van der Waals surface area contributed by atoms with Crippen LogP contribution in [0.2, 0.25) is 0 Å². The van der Waals surface area contributed by atoms with Gasteiger partial charge in [-0.3, -0.25) is 4.79 Å². The number of nitrogens with zero attached hydrogens (tertiary/aromatic N) is 2. The predicted molar refractivity (Wildman–Crippen MR) is 128 cm³/mol. The van der Waals surface area contributed by atoms with Crippen LogP contribution in [0.5, 0.6) is 17.2 Å². The lowest BCUT2D eigenvalue weighted by atomic mass is 9.98. The molecule has 1 fully saturated rings. The molecule has 3 rings (SSSR count). The van der Waals surface area contributed by atoms with E-state index in [1.807, 2.05) is 0 Å². The second kappa shape index (κ2) is 10.8. The van der Waals surface area contributed by atoms with E-state index in [1.165, 1.54) is 11.4 Å². The second-order valence-electron chi connectivity index (χ2n) is 7.88. The van der Waals surface area contributed by atoms with Crippen LogP contribution in [-0.2, 0) is 21.4 Å². The highest BCUT2D eigenvalue weighted by Crippen LogP contribution is 2.38. The third-order valence-electron chi connectivity index (χ3n) is 5.71. The number of piperidine rings is 1. The van der Waals surface area contributed by atoms with Crippen LogP contribution in [0, 0.1) is 5.92 Å². The first-order valence-corrected chi connectivity index (χ1v) is 12.7. The number of rotatable bonds is 8. The average molecular weight is 541 g/mol. The largest absolute Gasteiger partial charge is 0.493 e. The van der Waals surface area contributed by atoms with Crippen molar-refractivity contribution in [1.82, 2.24) is 9.21 Å². The van der Waals surface area contributed by atoms with Gasteiger partial charge in [-0.15, -0.1) is 0 Å². The maximum atomic E-state index is 13.2. The van der Waals surface area contributed by atoms with Crippen molar-refractivity contribution in [3.8, 4) is 17.2 Å². The minimum absolute atomic E-state index is 0.0977. The number of amides is 1. The van der Waals surface area contributed by atoms with Crippen molar-refractivity contribution >= 4 is 31.9 Å². The first kappa shape index (κ1) is 25.3. The van der Waals surface area contributed by atoms with Gasteiger partial charge < -0.3 is 19.1 Å². The van der Waals surface area contributed by atoms with Crippen LogP contribution in [0.4, 0.5) is 0 Å². The lowest BCUT2D eigenvalue weighted by molar-refractivity contribution is -0.135. The molecule has 10 heteroatoms. The van der Waals surface area contributed by atoms with Crippen molar-refractivity contribution in [2.24, 2.45) is 5.92 Å². The Labute approximate surface area is 203 Å². The first-order valence-electron chi connectivity index (χ1n) is 10.5. The van der Waals surface area contributed by atoms with E-state index < -0.39 is 15.9 Å². The molecule has 0 aliphatic carbocycles. The molecule has 0 aromatic heterocycles. The molecule has 1 amide bonds. The van der Waals surface area contributed by atoms with E-state index in [-0.39, 0.29) is 17.3 Å². The van der Waals surface area contributed by atoms with Crippen LogP contribution in [0.3, 0.4) is 0 Å². The van der Waals surface area contributed by atoms with Gasteiger partial charge in [0.15, 0.2) is 11.5 Å². The summed E-state index contributed by atoms with van der Waals surface area (Å²) >= 11 is 3.32. The van der Waals surface area contributed by atoms with Gasteiger partial charge in [-0.05, 0) is 54.8 Å². The standard InChI is InChI=1S/C23H29BrN2O6S/c1-25(14-16-12-20(30-2)22(32-4)21(13-16)31-3)23(27)17-6-5-11-26(15-17)33(28,29)19-9-7-18(24)8-10-19/h7-10,12-13,17H,5-6,11,14-15H2,1-4H3/t17-/m0/s1. The summed E-state index contributed by atoms with van der Waals surface area (Å²) in [7, 11) is 2.67. The lowest BCUT2D eigenvalue weighted by Gasteiger charge is -2.33. The van der Waals surface area contributed by atoms with E-state index in [2.05, 4.69) is 15.9 Å². The van der Waals surface area contributed by atoms with Crippen molar-refractivity contribution in [1.29, 1.82) is 0 Å². The molecule has 0 saturated carbocycles. The fourth-order valence-electron chi connectivity index (χ4n) is 4.01. The molecule has 180 valence electrons. The summed E-state index contributed by atoms with van der Waals surface area (Å²) in [6, 6.07) is 10.1. The summed E-state index contributed by atoms with van der Waals surface area (Å²) in [5.74, 6) is 1.00.